The lowest BCUT2D eigenvalue weighted by atomic mass is 9.94. The molecule has 8 heteroatoms. The van der Waals surface area contributed by atoms with Crippen LogP contribution in [-0.2, 0) is 4.79 Å². The molecule has 1 atom stereocenters. The summed E-state index contributed by atoms with van der Waals surface area (Å²) < 4.78 is 15.0. The van der Waals surface area contributed by atoms with Gasteiger partial charge >= 0.3 is 5.97 Å². The molecule has 0 unspecified atom stereocenters. The van der Waals surface area contributed by atoms with Crippen LogP contribution in [0, 0.1) is 11.7 Å². The Morgan fingerprint density at radius 2 is 2.03 bits per heavy atom. The molecule has 2 aromatic carbocycles. The maximum absolute atomic E-state index is 15.0. The standard InChI is InChI=1S/C21H18Cl2FN3O2/c22-14-4-3-13(9-15(14)23)19-16(24)5-6-17-20(19)21(26-11-25-17)27-7-1-2-12(10-27)8-18(28)29/h3-6,9,11-12H,1-2,7-8,10H2,(H,28,29)/t12-/m0/s1. The highest BCUT2D eigenvalue weighted by molar-refractivity contribution is 6.42. The third kappa shape index (κ3) is 4.00. The Hall–Kier alpha value is -2.44. The zero-order valence-electron chi connectivity index (χ0n) is 15.4. The molecule has 5 nitrogen and oxygen atoms in total. The monoisotopic (exact) mass is 433 g/mol. The lowest BCUT2D eigenvalue weighted by Crippen LogP contribution is -2.37. The van der Waals surface area contributed by atoms with Gasteiger partial charge in [-0.15, -0.1) is 0 Å². The zero-order chi connectivity index (χ0) is 20.5. The van der Waals surface area contributed by atoms with Crippen LogP contribution in [0.3, 0.4) is 0 Å². The molecule has 0 saturated carbocycles. The number of carboxylic acid groups (broad SMARTS) is 1. The molecule has 0 amide bonds. The Morgan fingerprint density at radius 3 is 2.79 bits per heavy atom. The summed E-state index contributed by atoms with van der Waals surface area (Å²) in [6.45, 7) is 1.27. The largest absolute Gasteiger partial charge is 0.481 e. The van der Waals surface area contributed by atoms with Crippen LogP contribution in [-0.4, -0.2) is 34.1 Å². The zero-order valence-corrected chi connectivity index (χ0v) is 16.9. The van der Waals surface area contributed by atoms with Crippen LogP contribution in [0.15, 0.2) is 36.7 Å². The number of fused-ring (bicyclic) bond motifs is 1. The van der Waals surface area contributed by atoms with Crippen molar-refractivity contribution in [1.82, 2.24) is 9.97 Å². The van der Waals surface area contributed by atoms with Crippen molar-refractivity contribution in [1.29, 1.82) is 0 Å². The van der Waals surface area contributed by atoms with E-state index in [1.807, 2.05) is 4.90 Å². The SMILES string of the molecule is O=C(O)C[C@@H]1CCCN(c2ncnc3ccc(F)c(-c4ccc(Cl)c(Cl)c4)c23)C1. The van der Waals surface area contributed by atoms with Gasteiger partial charge in [0, 0.05) is 25.1 Å². The summed E-state index contributed by atoms with van der Waals surface area (Å²) in [6, 6.07) is 7.97. The summed E-state index contributed by atoms with van der Waals surface area (Å²) >= 11 is 12.2. The number of hydrogen-bond donors (Lipinski definition) is 1. The van der Waals surface area contributed by atoms with Crippen molar-refractivity contribution < 1.29 is 14.3 Å². The highest BCUT2D eigenvalue weighted by Gasteiger charge is 2.26. The molecular formula is C21H18Cl2FN3O2. The van der Waals surface area contributed by atoms with Gasteiger partial charge in [0.25, 0.3) is 0 Å². The first kappa shape index (κ1) is 19.9. The molecule has 1 N–H and O–H groups in total. The molecule has 1 aromatic heterocycles. The van der Waals surface area contributed by atoms with Crippen LogP contribution in [0.2, 0.25) is 10.0 Å². The number of carboxylic acids is 1. The summed E-state index contributed by atoms with van der Waals surface area (Å²) in [6.07, 6.45) is 3.25. The van der Waals surface area contributed by atoms with Crippen LogP contribution in [0.5, 0.6) is 0 Å². The average Bonchev–Trinajstić information content (AvgIpc) is 2.69. The number of aliphatic carboxylic acids is 1. The van der Waals surface area contributed by atoms with Gasteiger partial charge in [0.15, 0.2) is 0 Å². The van der Waals surface area contributed by atoms with E-state index in [0.29, 0.717) is 44.4 Å². The summed E-state index contributed by atoms with van der Waals surface area (Å²) in [5, 5.41) is 10.5. The molecule has 4 rings (SSSR count). The summed E-state index contributed by atoms with van der Waals surface area (Å²) in [4.78, 5) is 21.9. The van der Waals surface area contributed by atoms with Crippen molar-refractivity contribution in [3.63, 3.8) is 0 Å². The molecule has 150 valence electrons. The van der Waals surface area contributed by atoms with Gasteiger partial charge in [-0.3, -0.25) is 4.79 Å². The van der Waals surface area contributed by atoms with Crippen LogP contribution in [0.4, 0.5) is 10.2 Å². The van der Waals surface area contributed by atoms with E-state index in [4.69, 9.17) is 28.3 Å². The highest BCUT2D eigenvalue weighted by atomic mass is 35.5. The molecule has 0 bridgehead atoms. The number of carbonyl (C=O) groups is 1. The molecule has 1 aliphatic heterocycles. The Morgan fingerprint density at radius 1 is 1.21 bits per heavy atom. The normalized spacial score (nSPS) is 16.9. The molecule has 0 spiro atoms. The van der Waals surface area contributed by atoms with Gasteiger partial charge in [0.2, 0.25) is 0 Å². The van der Waals surface area contributed by atoms with Gasteiger partial charge in [-0.05, 0) is 48.6 Å². The van der Waals surface area contributed by atoms with Crippen molar-refractivity contribution in [2.75, 3.05) is 18.0 Å². The first-order valence-electron chi connectivity index (χ1n) is 9.29. The minimum absolute atomic E-state index is 0.0215. The third-order valence-corrected chi connectivity index (χ3v) is 5.96. The second kappa shape index (κ2) is 8.13. The number of rotatable bonds is 4. The molecule has 3 aromatic rings. The van der Waals surface area contributed by atoms with Gasteiger partial charge in [-0.25, -0.2) is 14.4 Å². The van der Waals surface area contributed by atoms with E-state index in [-0.39, 0.29) is 12.3 Å². The Bertz CT molecular complexity index is 1090. The lowest BCUT2D eigenvalue weighted by Gasteiger charge is -2.33. The fourth-order valence-corrected chi connectivity index (χ4v) is 4.25. The van der Waals surface area contributed by atoms with Gasteiger partial charge in [0.1, 0.15) is 18.0 Å². The Kier molecular flexibility index (Phi) is 5.56. The minimum atomic E-state index is -0.813. The molecule has 29 heavy (non-hydrogen) atoms. The summed E-state index contributed by atoms with van der Waals surface area (Å²) in [7, 11) is 0. The number of anilines is 1. The second-order valence-corrected chi connectivity index (χ2v) is 8.01. The molecule has 0 radical (unpaired) electrons. The predicted molar refractivity (Wildman–Crippen MR) is 112 cm³/mol. The van der Waals surface area contributed by atoms with E-state index in [0.717, 1.165) is 19.4 Å². The third-order valence-electron chi connectivity index (χ3n) is 5.22. The van der Waals surface area contributed by atoms with Gasteiger partial charge < -0.3 is 10.0 Å². The minimum Gasteiger partial charge on any atom is -0.481 e. The summed E-state index contributed by atoms with van der Waals surface area (Å²) in [5.74, 6) is -0.600. The smallest absolute Gasteiger partial charge is 0.303 e. The lowest BCUT2D eigenvalue weighted by molar-refractivity contribution is -0.138. The highest BCUT2D eigenvalue weighted by Crippen LogP contribution is 2.39. The average molecular weight is 434 g/mol. The number of piperidine rings is 1. The van der Waals surface area contributed by atoms with Crippen molar-refractivity contribution in [3.05, 3.63) is 52.5 Å². The molecule has 1 saturated heterocycles. The first-order chi connectivity index (χ1) is 13.9. The number of nitrogens with zero attached hydrogens (tertiary/aromatic N) is 3. The number of aromatic nitrogens is 2. The summed E-state index contributed by atoms with van der Waals surface area (Å²) in [5.41, 5.74) is 1.55. The van der Waals surface area contributed by atoms with Crippen molar-refractivity contribution >= 4 is 45.9 Å². The number of halogens is 3. The van der Waals surface area contributed by atoms with E-state index in [1.165, 1.54) is 12.4 Å². The maximum Gasteiger partial charge on any atom is 0.303 e. The Balaban J connectivity index is 1.86. The molecule has 1 aliphatic rings. The molecule has 0 aliphatic carbocycles. The molecular weight excluding hydrogens is 416 g/mol. The first-order valence-corrected chi connectivity index (χ1v) is 10.0. The van der Waals surface area contributed by atoms with Crippen molar-refractivity contribution in [3.8, 4) is 11.1 Å². The van der Waals surface area contributed by atoms with Crippen LogP contribution < -0.4 is 4.90 Å². The fourth-order valence-electron chi connectivity index (χ4n) is 3.96. The Labute approximate surface area is 177 Å². The quantitative estimate of drug-likeness (QED) is 0.593. The molecule has 2 heterocycles. The van der Waals surface area contributed by atoms with Gasteiger partial charge in [-0.2, -0.15) is 0 Å². The van der Waals surface area contributed by atoms with Crippen LogP contribution in [0.1, 0.15) is 19.3 Å². The number of hydrogen-bond acceptors (Lipinski definition) is 4. The van der Waals surface area contributed by atoms with E-state index < -0.39 is 11.8 Å². The molecule has 1 fully saturated rings. The van der Waals surface area contributed by atoms with E-state index in [1.54, 1.807) is 24.3 Å². The fraction of sp³-hybridized carbons (Fsp3) is 0.286. The van der Waals surface area contributed by atoms with Crippen LogP contribution >= 0.6 is 23.2 Å². The van der Waals surface area contributed by atoms with Gasteiger partial charge in [-0.1, -0.05) is 29.3 Å². The van der Waals surface area contributed by atoms with E-state index in [2.05, 4.69) is 9.97 Å². The van der Waals surface area contributed by atoms with Crippen LogP contribution in [0.25, 0.3) is 22.0 Å². The van der Waals surface area contributed by atoms with Gasteiger partial charge in [0.05, 0.1) is 20.9 Å². The van der Waals surface area contributed by atoms with Crippen molar-refractivity contribution in [2.45, 2.75) is 19.3 Å². The maximum atomic E-state index is 15.0. The topological polar surface area (TPSA) is 66.3 Å². The second-order valence-electron chi connectivity index (χ2n) is 7.19. The van der Waals surface area contributed by atoms with E-state index >= 15 is 4.39 Å². The van der Waals surface area contributed by atoms with E-state index in [9.17, 15) is 4.79 Å². The van der Waals surface area contributed by atoms with Crippen molar-refractivity contribution in [2.24, 2.45) is 5.92 Å². The predicted octanol–water partition coefficient (Wildman–Crippen LogP) is 5.43. The number of benzene rings is 2.